The standard InChI is InChI=1S/C12H17NS/c1-10-4-2-3-5-11(10)6-7-13-8-12-9-14-12/h2-5,12-13H,6-9H2,1H3/t12-/m1/s1. The van der Waals surface area contributed by atoms with Crippen LogP contribution >= 0.6 is 11.8 Å². The van der Waals surface area contributed by atoms with Crippen LogP contribution in [0.3, 0.4) is 0 Å². The number of hydrogen-bond acceptors (Lipinski definition) is 2. The summed E-state index contributed by atoms with van der Waals surface area (Å²) >= 11 is 2.06. The Morgan fingerprint density at radius 1 is 1.43 bits per heavy atom. The third kappa shape index (κ3) is 3.03. The summed E-state index contributed by atoms with van der Waals surface area (Å²) in [5.74, 6) is 1.36. The summed E-state index contributed by atoms with van der Waals surface area (Å²) in [7, 11) is 0. The van der Waals surface area contributed by atoms with Crippen LogP contribution in [0.15, 0.2) is 24.3 Å². The fourth-order valence-electron chi connectivity index (χ4n) is 1.56. The summed E-state index contributed by atoms with van der Waals surface area (Å²) in [6.07, 6.45) is 1.16. The first-order valence-electron chi connectivity index (χ1n) is 5.23. The summed E-state index contributed by atoms with van der Waals surface area (Å²) in [6.45, 7) is 4.49. The topological polar surface area (TPSA) is 12.0 Å². The molecule has 1 atom stereocenters. The number of rotatable bonds is 5. The molecule has 0 radical (unpaired) electrons. The van der Waals surface area contributed by atoms with E-state index in [9.17, 15) is 0 Å². The van der Waals surface area contributed by atoms with Gasteiger partial charge < -0.3 is 5.32 Å². The third-order valence-corrected chi connectivity index (χ3v) is 3.58. The highest BCUT2D eigenvalue weighted by atomic mass is 32.2. The van der Waals surface area contributed by atoms with Crippen molar-refractivity contribution >= 4 is 11.8 Å². The first-order chi connectivity index (χ1) is 6.86. The average molecular weight is 207 g/mol. The molecule has 0 saturated carbocycles. The van der Waals surface area contributed by atoms with Crippen molar-refractivity contribution in [3.05, 3.63) is 35.4 Å². The van der Waals surface area contributed by atoms with E-state index in [1.165, 1.54) is 23.4 Å². The molecular formula is C12H17NS. The summed E-state index contributed by atoms with van der Waals surface area (Å²) in [6, 6.07) is 8.64. The van der Waals surface area contributed by atoms with Crippen LogP contribution < -0.4 is 5.32 Å². The fourth-order valence-corrected chi connectivity index (χ4v) is 2.05. The molecule has 1 N–H and O–H groups in total. The minimum Gasteiger partial charge on any atom is -0.315 e. The molecule has 0 aromatic heterocycles. The zero-order valence-corrected chi connectivity index (χ0v) is 9.44. The van der Waals surface area contributed by atoms with E-state index in [1.807, 2.05) is 0 Å². The maximum atomic E-state index is 3.50. The van der Waals surface area contributed by atoms with Gasteiger partial charge in [0.2, 0.25) is 0 Å². The molecule has 1 nitrogen and oxygen atoms in total. The SMILES string of the molecule is Cc1ccccc1CCNC[C@@H]1CS1. The molecule has 0 bridgehead atoms. The molecule has 1 aliphatic rings. The monoisotopic (exact) mass is 207 g/mol. The number of thioether (sulfide) groups is 1. The second-order valence-electron chi connectivity index (χ2n) is 3.84. The van der Waals surface area contributed by atoms with Crippen LogP contribution in [-0.2, 0) is 6.42 Å². The number of hydrogen-bond donors (Lipinski definition) is 1. The van der Waals surface area contributed by atoms with E-state index in [1.54, 1.807) is 0 Å². The van der Waals surface area contributed by atoms with Crippen molar-refractivity contribution < 1.29 is 0 Å². The van der Waals surface area contributed by atoms with Gasteiger partial charge in [-0.25, -0.2) is 0 Å². The minimum absolute atomic E-state index is 0.909. The van der Waals surface area contributed by atoms with E-state index < -0.39 is 0 Å². The van der Waals surface area contributed by atoms with Crippen LogP contribution in [-0.4, -0.2) is 24.1 Å². The van der Waals surface area contributed by atoms with Crippen LogP contribution in [0.4, 0.5) is 0 Å². The fraction of sp³-hybridized carbons (Fsp3) is 0.500. The lowest BCUT2D eigenvalue weighted by Gasteiger charge is -2.06. The quantitative estimate of drug-likeness (QED) is 0.587. The van der Waals surface area contributed by atoms with E-state index in [0.717, 1.165) is 18.2 Å². The lowest BCUT2D eigenvalue weighted by atomic mass is 10.1. The van der Waals surface area contributed by atoms with Crippen LogP contribution in [0.1, 0.15) is 11.1 Å². The Morgan fingerprint density at radius 3 is 2.93 bits per heavy atom. The van der Waals surface area contributed by atoms with E-state index in [4.69, 9.17) is 0 Å². The van der Waals surface area contributed by atoms with Gasteiger partial charge in [-0.1, -0.05) is 24.3 Å². The van der Waals surface area contributed by atoms with Gasteiger partial charge in [0, 0.05) is 17.5 Å². The van der Waals surface area contributed by atoms with Crippen molar-refractivity contribution in [2.24, 2.45) is 0 Å². The highest BCUT2D eigenvalue weighted by Gasteiger charge is 2.20. The van der Waals surface area contributed by atoms with Gasteiger partial charge in [-0.3, -0.25) is 0 Å². The van der Waals surface area contributed by atoms with Gasteiger partial charge >= 0.3 is 0 Å². The summed E-state index contributed by atoms with van der Waals surface area (Å²) < 4.78 is 0. The number of aryl methyl sites for hydroxylation is 1. The molecule has 2 heteroatoms. The van der Waals surface area contributed by atoms with Gasteiger partial charge in [0.05, 0.1) is 0 Å². The van der Waals surface area contributed by atoms with Gasteiger partial charge in [0.15, 0.2) is 0 Å². The van der Waals surface area contributed by atoms with Crippen molar-refractivity contribution in [2.45, 2.75) is 18.6 Å². The van der Waals surface area contributed by atoms with Gasteiger partial charge in [0.1, 0.15) is 0 Å². The van der Waals surface area contributed by atoms with Gasteiger partial charge in [-0.15, -0.1) is 0 Å². The van der Waals surface area contributed by atoms with E-state index in [2.05, 4.69) is 48.3 Å². The predicted molar refractivity (Wildman–Crippen MR) is 64.0 cm³/mol. The van der Waals surface area contributed by atoms with Gasteiger partial charge in [-0.05, 0) is 31.0 Å². The molecule has 0 unspecified atom stereocenters. The number of nitrogens with one attached hydrogen (secondary N) is 1. The molecule has 14 heavy (non-hydrogen) atoms. The molecular weight excluding hydrogens is 190 g/mol. The molecule has 2 rings (SSSR count). The molecule has 76 valence electrons. The van der Waals surface area contributed by atoms with E-state index >= 15 is 0 Å². The first-order valence-corrected chi connectivity index (χ1v) is 6.28. The predicted octanol–water partition coefficient (Wildman–Crippen LogP) is 2.24. The summed E-state index contributed by atoms with van der Waals surface area (Å²) in [5.41, 5.74) is 2.89. The maximum absolute atomic E-state index is 3.50. The lowest BCUT2D eigenvalue weighted by Crippen LogP contribution is -2.21. The molecule has 1 heterocycles. The molecule has 0 aliphatic carbocycles. The number of benzene rings is 1. The van der Waals surface area contributed by atoms with E-state index in [0.29, 0.717) is 0 Å². The Hall–Kier alpha value is -0.470. The van der Waals surface area contributed by atoms with Gasteiger partial charge in [0.25, 0.3) is 0 Å². The minimum atomic E-state index is 0.909. The largest absolute Gasteiger partial charge is 0.315 e. The normalized spacial score (nSPS) is 19.6. The van der Waals surface area contributed by atoms with Crippen molar-refractivity contribution in [3.63, 3.8) is 0 Å². The molecule has 0 spiro atoms. The highest BCUT2D eigenvalue weighted by Crippen LogP contribution is 2.28. The van der Waals surface area contributed by atoms with Crippen LogP contribution in [0.2, 0.25) is 0 Å². The Labute approximate surface area is 90.3 Å². The van der Waals surface area contributed by atoms with Crippen molar-refractivity contribution in [2.75, 3.05) is 18.8 Å². The van der Waals surface area contributed by atoms with Crippen LogP contribution in [0, 0.1) is 6.92 Å². The summed E-state index contributed by atoms with van der Waals surface area (Å²) in [4.78, 5) is 0. The van der Waals surface area contributed by atoms with Crippen molar-refractivity contribution in [1.82, 2.24) is 5.32 Å². The zero-order valence-electron chi connectivity index (χ0n) is 8.62. The van der Waals surface area contributed by atoms with Crippen molar-refractivity contribution in [1.29, 1.82) is 0 Å². The highest BCUT2D eigenvalue weighted by molar-refractivity contribution is 8.06. The Balaban J connectivity index is 1.71. The molecule has 1 fully saturated rings. The van der Waals surface area contributed by atoms with Crippen molar-refractivity contribution in [3.8, 4) is 0 Å². The smallest absolute Gasteiger partial charge is 0.0263 e. The first kappa shape index (κ1) is 10.1. The summed E-state index contributed by atoms with van der Waals surface area (Å²) in [5, 5.41) is 4.41. The van der Waals surface area contributed by atoms with Crippen LogP contribution in [0.5, 0.6) is 0 Å². The maximum Gasteiger partial charge on any atom is 0.0263 e. The average Bonchev–Trinajstić information content (AvgIpc) is 2.99. The Kier molecular flexibility index (Phi) is 3.49. The molecule has 0 amide bonds. The lowest BCUT2D eigenvalue weighted by molar-refractivity contribution is 0.695. The molecule has 1 aromatic rings. The molecule has 1 aliphatic heterocycles. The third-order valence-electron chi connectivity index (χ3n) is 2.61. The van der Waals surface area contributed by atoms with Gasteiger partial charge in [-0.2, -0.15) is 11.8 Å². The van der Waals surface area contributed by atoms with Crippen LogP contribution in [0.25, 0.3) is 0 Å². The second kappa shape index (κ2) is 4.85. The zero-order chi connectivity index (χ0) is 9.80. The Bertz CT molecular complexity index is 294. The Morgan fingerprint density at radius 2 is 2.21 bits per heavy atom. The molecule has 1 aromatic carbocycles. The van der Waals surface area contributed by atoms with E-state index in [-0.39, 0.29) is 0 Å². The second-order valence-corrected chi connectivity index (χ2v) is 5.17. The molecule has 1 saturated heterocycles.